The molecule has 5 heteroatoms. The molecule has 138 valence electrons. The summed E-state index contributed by atoms with van der Waals surface area (Å²) in [5.41, 5.74) is 1.80. The van der Waals surface area contributed by atoms with E-state index >= 15 is 0 Å². The van der Waals surface area contributed by atoms with Crippen molar-refractivity contribution in [2.45, 2.75) is 19.4 Å². The Morgan fingerprint density at radius 3 is 2.59 bits per heavy atom. The molecule has 1 fully saturated rings. The molecule has 0 unspecified atom stereocenters. The van der Waals surface area contributed by atoms with Crippen LogP contribution in [-0.2, 0) is 6.54 Å². The Balaban J connectivity index is 1.38. The molecule has 0 atom stereocenters. The lowest BCUT2D eigenvalue weighted by atomic mass is 9.96. The van der Waals surface area contributed by atoms with E-state index < -0.39 is 0 Å². The van der Waals surface area contributed by atoms with Crippen LogP contribution in [0.4, 0.5) is 0 Å². The molecule has 0 bridgehead atoms. The highest BCUT2D eigenvalue weighted by atomic mass is 35.5. The van der Waals surface area contributed by atoms with Gasteiger partial charge in [-0.3, -0.25) is 4.79 Å². The molecule has 27 heavy (non-hydrogen) atoms. The Hall–Kier alpha value is -2.59. The summed E-state index contributed by atoms with van der Waals surface area (Å²) in [6, 6.07) is 17.5. The van der Waals surface area contributed by atoms with Gasteiger partial charge in [0.15, 0.2) is 0 Å². The minimum absolute atomic E-state index is 0.0727. The topological polar surface area (TPSA) is 38.1 Å². The highest BCUT2D eigenvalue weighted by Gasteiger charge is 2.24. The molecule has 2 heterocycles. The van der Waals surface area contributed by atoms with E-state index in [1.165, 1.54) is 0 Å². The zero-order valence-corrected chi connectivity index (χ0v) is 15.8. The van der Waals surface area contributed by atoms with Crippen LogP contribution in [0, 0.1) is 5.92 Å². The zero-order valence-electron chi connectivity index (χ0n) is 15.1. The summed E-state index contributed by atoms with van der Waals surface area (Å²) in [7, 11) is 0. The van der Waals surface area contributed by atoms with Crippen molar-refractivity contribution in [3.05, 3.63) is 77.6 Å². The first-order chi connectivity index (χ1) is 13.2. The fourth-order valence-corrected chi connectivity index (χ4v) is 3.90. The smallest absolute Gasteiger partial charge is 0.253 e. The van der Waals surface area contributed by atoms with Crippen LogP contribution in [0.15, 0.2) is 67.0 Å². The molecule has 3 aromatic rings. The molecule has 4 nitrogen and oxygen atoms in total. The number of benzene rings is 2. The number of nitrogens with zero attached hydrogens (tertiary/aromatic N) is 3. The number of halogens is 1. The second-order valence-electron chi connectivity index (χ2n) is 7.02. The third-order valence-corrected chi connectivity index (χ3v) is 5.41. The zero-order chi connectivity index (χ0) is 18.6. The molecule has 1 saturated heterocycles. The van der Waals surface area contributed by atoms with Crippen LogP contribution in [0.5, 0.6) is 0 Å². The normalized spacial score (nSPS) is 15.1. The number of carbonyl (C=O) groups excluding carboxylic acids is 1. The number of hydrogen-bond donors (Lipinski definition) is 0. The Kier molecular flexibility index (Phi) is 5.26. The summed E-state index contributed by atoms with van der Waals surface area (Å²) >= 11 is 6.02. The minimum atomic E-state index is 0.0727. The first-order valence-corrected chi connectivity index (χ1v) is 9.70. The van der Waals surface area contributed by atoms with Gasteiger partial charge in [-0.15, -0.1) is 0 Å². The molecule has 0 N–H and O–H groups in total. The lowest BCUT2D eigenvalue weighted by Gasteiger charge is -2.32. The maximum Gasteiger partial charge on any atom is 0.253 e. The molecule has 4 rings (SSSR count). The third-order valence-electron chi connectivity index (χ3n) is 5.18. The molecular weight excluding hydrogens is 358 g/mol. The minimum Gasteiger partial charge on any atom is -0.339 e. The number of amides is 1. The van der Waals surface area contributed by atoms with Crippen LogP contribution in [-0.4, -0.2) is 33.4 Å². The van der Waals surface area contributed by atoms with Crippen molar-refractivity contribution in [2.24, 2.45) is 5.92 Å². The number of hydrogen-bond acceptors (Lipinski definition) is 2. The molecule has 0 spiro atoms. The average Bonchev–Trinajstić information content (AvgIpc) is 3.17. The summed E-state index contributed by atoms with van der Waals surface area (Å²) in [4.78, 5) is 19.1. The fraction of sp³-hybridized carbons (Fsp3) is 0.273. The second-order valence-corrected chi connectivity index (χ2v) is 7.45. The van der Waals surface area contributed by atoms with Gasteiger partial charge in [-0.25, -0.2) is 4.98 Å². The molecule has 1 amide bonds. The SMILES string of the molecule is O=C(c1cccc(Cl)c1)N1CCC(Cn2ccnc2-c2ccccc2)CC1. The highest BCUT2D eigenvalue weighted by Crippen LogP contribution is 2.24. The fourth-order valence-electron chi connectivity index (χ4n) is 3.70. The number of imidazole rings is 1. The maximum absolute atomic E-state index is 12.7. The van der Waals surface area contributed by atoms with Gasteiger partial charge in [-0.05, 0) is 37.0 Å². The van der Waals surface area contributed by atoms with Gasteiger partial charge >= 0.3 is 0 Å². The van der Waals surface area contributed by atoms with Gasteiger partial charge in [-0.1, -0.05) is 48.0 Å². The van der Waals surface area contributed by atoms with Crippen LogP contribution < -0.4 is 0 Å². The Bertz CT molecular complexity index is 914. The second kappa shape index (κ2) is 7.97. The van der Waals surface area contributed by atoms with Crippen LogP contribution in [0.3, 0.4) is 0 Å². The van der Waals surface area contributed by atoms with Crippen LogP contribution in [0.25, 0.3) is 11.4 Å². The van der Waals surface area contributed by atoms with Crippen molar-refractivity contribution in [2.75, 3.05) is 13.1 Å². The summed E-state index contributed by atoms with van der Waals surface area (Å²) in [5.74, 6) is 1.63. The van der Waals surface area contributed by atoms with Gasteiger partial charge in [0, 0.05) is 48.2 Å². The third kappa shape index (κ3) is 4.06. The van der Waals surface area contributed by atoms with E-state index in [0.717, 1.165) is 43.9 Å². The van der Waals surface area contributed by atoms with Gasteiger partial charge in [0.2, 0.25) is 0 Å². The quantitative estimate of drug-likeness (QED) is 0.655. The van der Waals surface area contributed by atoms with Crippen molar-refractivity contribution in [3.63, 3.8) is 0 Å². The summed E-state index contributed by atoms with van der Waals surface area (Å²) in [5, 5.41) is 0.601. The summed E-state index contributed by atoms with van der Waals surface area (Å²) < 4.78 is 2.23. The van der Waals surface area contributed by atoms with Crippen molar-refractivity contribution in [1.82, 2.24) is 14.5 Å². The predicted molar refractivity (Wildman–Crippen MR) is 108 cm³/mol. The van der Waals surface area contributed by atoms with E-state index in [2.05, 4.69) is 21.7 Å². The monoisotopic (exact) mass is 379 g/mol. The molecule has 2 aromatic carbocycles. The molecule has 1 aliphatic rings. The first kappa shape index (κ1) is 17.8. The van der Waals surface area contributed by atoms with Gasteiger partial charge in [-0.2, -0.15) is 0 Å². The van der Waals surface area contributed by atoms with Crippen LogP contribution in [0.2, 0.25) is 5.02 Å². The summed E-state index contributed by atoms with van der Waals surface area (Å²) in [6.07, 6.45) is 5.91. The molecule has 1 aliphatic heterocycles. The van der Waals surface area contributed by atoms with Crippen molar-refractivity contribution in [3.8, 4) is 11.4 Å². The van der Waals surface area contributed by atoms with Gasteiger partial charge in [0.1, 0.15) is 5.82 Å². The van der Waals surface area contributed by atoms with Crippen LogP contribution >= 0.6 is 11.6 Å². The van der Waals surface area contributed by atoms with E-state index in [-0.39, 0.29) is 5.91 Å². The number of aromatic nitrogens is 2. The number of carbonyl (C=O) groups is 1. The number of rotatable bonds is 4. The van der Waals surface area contributed by atoms with Crippen molar-refractivity contribution >= 4 is 17.5 Å². The number of likely N-dealkylation sites (tertiary alicyclic amines) is 1. The van der Waals surface area contributed by atoms with Crippen molar-refractivity contribution in [1.29, 1.82) is 0 Å². The Morgan fingerprint density at radius 2 is 1.85 bits per heavy atom. The van der Waals surface area contributed by atoms with E-state index in [0.29, 0.717) is 16.5 Å². The predicted octanol–water partition coefficient (Wildman–Crippen LogP) is 4.76. The molecular formula is C22H22ClN3O. The van der Waals surface area contributed by atoms with E-state index in [1.807, 2.05) is 47.6 Å². The maximum atomic E-state index is 12.7. The van der Waals surface area contributed by atoms with E-state index in [1.54, 1.807) is 12.1 Å². The van der Waals surface area contributed by atoms with Crippen LogP contribution in [0.1, 0.15) is 23.2 Å². The van der Waals surface area contributed by atoms with Crippen molar-refractivity contribution < 1.29 is 4.79 Å². The average molecular weight is 380 g/mol. The molecule has 0 aliphatic carbocycles. The lowest BCUT2D eigenvalue weighted by molar-refractivity contribution is 0.0683. The summed E-state index contributed by atoms with van der Waals surface area (Å²) in [6.45, 7) is 2.50. The number of piperidine rings is 1. The van der Waals surface area contributed by atoms with Gasteiger partial charge < -0.3 is 9.47 Å². The van der Waals surface area contributed by atoms with E-state index in [9.17, 15) is 4.79 Å². The molecule has 0 radical (unpaired) electrons. The lowest BCUT2D eigenvalue weighted by Crippen LogP contribution is -2.39. The van der Waals surface area contributed by atoms with Gasteiger partial charge in [0.25, 0.3) is 5.91 Å². The largest absolute Gasteiger partial charge is 0.339 e. The Labute approximate surface area is 164 Å². The highest BCUT2D eigenvalue weighted by molar-refractivity contribution is 6.30. The molecule has 0 saturated carbocycles. The van der Waals surface area contributed by atoms with E-state index in [4.69, 9.17) is 11.6 Å². The first-order valence-electron chi connectivity index (χ1n) is 9.32. The standard InChI is InChI=1S/C22H22ClN3O/c23-20-8-4-7-19(15-20)22(27)25-12-9-17(10-13-25)16-26-14-11-24-21(26)18-5-2-1-3-6-18/h1-8,11,14-15,17H,9-10,12-13,16H2. The molecule has 1 aromatic heterocycles. The Morgan fingerprint density at radius 1 is 1.07 bits per heavy atom. The van der Waals surface area contributed by atoms with Gasteiger partial charge in [0.05, 0.1) is 0 Å².